The number of aryl methyl sites for hydroxylation is 2. The Hall–Kier alpha value is -6.95. The van der Waals surface area contributed by atoms with Crippen molar-refractivity contribution >= 4 is 55.4 Å². The van der Waals surface area contributed by atoms with Crippen LogP contribution in [0.1, 0.15) is 97.6 Å². The first-order chi connectivity index (χ1) is 33.8. The van der Waals surface area contributed by atoms with E-state index in [2.05, 4.69) is 215 Å². The van der Waals surface area contributed by atoms with Crippen LogP contribution in [0.3, 0.4) is 0 Å². The van der Waals surface area contributed by atoms with Crippen molar-refractivity contribution in [3.63, 3.8) is 0 Å². The molecule has 2 aromatic heterocycles. The van der Waals surface area contributed by atoms with E-state index in [1.807, 2.05) is 0 Å². The summed E-state index contributed by atoms with van der Waals surface area (Å²) in [7, 11) is 0. The van der Waals surface area contributed by atoms with Gasteiger partial charge in [0, 0.05) is 57.3 Å². The van der Waals surface area contributed by atoms with Gasteiger partial charge < -0.3 is 14.0 Å². The highest BCUT2D eigenvalue weighted by Crippen LogP contribution is 2.53. The molecule has 4 heterocycles. The number of hydrogen-bond acceptors (Lipinski definition) is 5. The molecule has 2 aliphatic heterocycles. The van der Waals surface area contributed by atoms with Crippen LogP contribution in [0.2, 0.25) is 0 Å². The quantitative estimate of drug-likeness (QED) is 0.145. The zero-order chi connectivity index (χ0) is 46.5. The molecule has 0 saturated carbocycles. The molecule has 6 aliphatic rings. The highest BCUT2D eigenvalue weighted by atomic mass is 15.4. The monoisotopic (exact) mass is 901 g/mol. The van der Waals surface area contributed by atoms with Gasteiger partial charge in [0.15, 0.2) is 0 Å². The Bertz CT molecular complexity index is 3480. The zero-order valence-corrected chi connectivity index (χ0v) is 40.0. The van der Waals surface area contributed by atoms with Crippen molar-refractivity contribution in [2.75, 3.05) is 4.90 Å². The van der Waals surface area contributed by atoms with Crippen LogP contribution in [0.5, 0.6) is 0 Å². The molecule has 1 fully saturated rings. The third-order valence-electron chi connectivity index (χ3n) is 16.1. The van der Waals surface area contributed by atoms with E-state index < -0.39 is 0 Å². The largest absolute Gasteiger partial charge is 0.337 e. The molecule has 7 heteroatoms. The standard InChI is InChI=1S/C62H59N7/c1-37-28-39(3)58-49(30-37)50-31-38(2)29-40(4)59(50)69(58)57-35-54(43(36-63)32-51(57)62-65-60(41-18-8-5-9-19-41)64-61(66-62)42-20-10-6-11-21-42)68-53-27-17-15-25-46(53)48-33-55-47(34-56(48)68)45-24-14-16-26-52(45)67(55)44-22-12-7-13-23-44/h5-10,12-15,17-20,22-25,27-30,32-34,38,45,52,57,60-62,64-66H,11,16,21,26,31,35H2,1-4H3. The smallest absolute Gasteiger partial charge is 0.101 e. The molecule has 5 aromatic carbocycles. The van der Waals surface area contributed by atoms with Gasteiger partial charge in [-0.05, 0) is 140 Å². The molecular weight excluding hydrogens is 843 g/mol. The normalized spacial score (nSPS) is 25.3. The number of aromatic nitrogens is 2. The summed E-state index contributed by atoms with van der Waals surface area (Å²) < 4.78 is 5.19. The third-order valence-corrected chi connectivity index (χ3v) is 16.1. The summed E-state index contributed by atoms with van der Waals surface area (Å²) in [6.45, 7) is 9.21. The number of fused-ring (bicyclic) bond motifs is 9. The lowest BCUT2D eigenvalue weighted by Crippen LogP contribution is -2.65. The number of para-hydroxylation sites is 2. The lowest BCUT2D eigenvalue weighted by molar-refractivity contribution is 0.229. The fraction of sp³-hybridized carbons (Fsp3) is 0.274. The number of allylic oxidation sites excluding steroid dienone is 9. The van der Waals surface area contributed by atoms with Gasteiger partial charge in [-0.25, -0.2) is 0 Å². The summed E-state index contributed by atoms with van der Waals surface area (Å²) in [5.74, 6) is 0.714. The van der Waals surface area contributed by atoms with Crippen LogP contribution in [-0.4, -0.2) is 27.5 Å². The molecule has 0 amide bonds. The van der Waals surface area contributed by atoms with Gasteiger partial charge in [0.05, 0.1) is 46.7 Å². The summed E-state index contributed by atoms with van der Waals surface area (Å²) in [5.41, 5.74) is 19.6. The van der Waals surface area contributed by atoms with Crippen LogP contribution < -0.4 is 20.9 Å². The number of anilines is 2. The average molecular weight is 902 g/mol. The second kappa shape index (κ2) is 16.6. The van der Waals surface area contributed by atoms with Gasteiger partial charge in [-0.15, -0.1) is 0 Å². The number of nitrogens with one attached hydrogen (secondary N) is 3. The Morgan fingerprint density at radius 3 is 2.33 bits per heavy atom. The number of rotatable bonds is 6. The van der Waals surface area contributed by atoms with Gasteiger partial charge in [0.25, 0.3) is 0 Å². The van der Waals surface area contributed by atoms with E-state index in [0.717, 1.165) is 48.8 Å². The molecule has 7 unspecified atom stereocenters. The average Bonchev–Trinajstić information content (AvgIpc) is 4.01. The van der Waals surface area contributed by atoms with Crippen molar-refractivity contribution in [2.24, 2.45) is 5.92 Å². The van der Waals surface area contributed by atoms with E-state index in [1.54, 1.807) is 0 Å². The van der Waals surface area contributed by atoms with Crippen molar-refractivity contribution in [3.05, 3.63) is 202 Å². The van der Waals surface area contributed by atoms with Crippen LogP contribution in [0.25, 0.3) is 44.0 Å². The first-order valence-corrected chi connectivity index (χ1v) is 25.3. The number of nitriles is 1. The van der Waals surface area contributed by atoms with Crippen LogP contribution in [0.15, 0.2) is 168 Å². The molecule has 342 valence electrons. The predicted molar refractivity (Wildman–Crippen MR) is 284 cm³/mol. The molecule has 13 rings (SSSR count). The minimum atomic E-state index is -0.255. The van der Waals surface area contributed by atoms with Crippen LogP contribution >= 0.6 is 0 Å². The van der Waals surface area contributed by atoms with E-state index in [4.69, 9.17) is 0 Å². The van der Waals surface area contributed by atoms with Gasteiger partial charge in [0.2, 0.25) is 0 Å². The summed E-state index contributed by atoms with van der Waals surface area (Å²) in [4.78, 5) is 2.61. The maximum absolute atomic E-state index is 11.6. The van der Waals surface area contributed by atoms with E-state index in [1.165, 1.54) is 83.3 Å². The maximum Gasteiger partial charge on any atom is 0.101 e. The van der Waals surface area contributed by atoms with E-state index >= 15 is 0 Å². The molecule has 0 spiro atoms. The maximum atomic E-state index is 11.6. The van der Waals surface area contributed by atoms with Crippen molar-refractivity contribution < 1.29 is 0 Å². The van der Waals surface area contributed by atoms with E-state index in [9.17, 15) is 5.26 Å². The topological polar surface area (TPSA) is 73.0 Å². The molecule has 7 atom stereocenters. The Balaban J connectivity index is 1.06. The first kappa shape index (κ1) is 42.2. The number of hydrogen-bond donors (Lipinski definition) is 3. The second-order valence-corrected chi connectivity index (χ2v) is 20.5. The van der Waals surface area contributed by atoms with E-state index in [0.29, 0.717) is 24.0 Å². The molecule has 1 saturated heterocycles. The Kier molecular flexibility index (Phi) is 10.2. The number of benzene rings is 5. The Morgan fingerprint density at radius 1 is 0.739 bits per heavy atom. The van der Waals surface area contributed by atoms with Gasteiger partial charge in [0.1, 0.15) is 6.07 Å². The van der Waals surface area contributed by atoms with Crippen LogP contribution in [0, 0.1) is 31.1 Å². The van der Waals surface area contributed by atoms with Crippen molar-refractivity contribution in [1.29, 1.82) is 5.26 Å². The second-order valence-electron chi connectivity index (χ2n) is 20.5. The van der Waals surface area contributed by atoms with Crippen LogP contribution in [0.4, 0.5) is 11.4 Å². The summed E-state index contributed by atoms with van der Waals surface area (Å²) in [5, 5.41) is 27.6. The van der Waals surface area contributed by atoms with Gasteiger partial charge >= 0.3 is 0 Å². The van der Waals surface area contributed by atoms with Crippen molar-refractivity contribution in [2.45, 2.75) is 103 Å². The molecule has 69 heavy (non-hydrogen) atoms. The zero-order valence-electron chi connectivity index (χ0n) is 40.0. The molecule has 3 N–H and O–H groups in total. The fourth-order valence-electron chi connectivity index (χ4n) is 13.4. The Labute approximate surface area is 405 Å². The highest BCUT2D eigenvalue weighted by molar-refractivity contribution is 6.12. The molecule has 4 aliphatic carbocycles. The summed E-state index contributed by atoms with van der Waals surface area (Å²) >= 11 is 0. The molecule has 0 bridgehead atoms. The molecule has 0 radical (unpaired) electrons. The van der Waals surface area contributed by atoms with Gasteiger partial charge in [-0.3, -0.25) is 16.0 Å². The van der Waals surface area contributed by atoms with Crippen molar-refractivity contribution in [1.82, 2.24) is 25.1 Å². The first-order valence-electron chi connectivity index (χ1n) is 25.3. The van der Waals surface area contributed by atoms with Gasteiger partial charge in [-0.1, -0.05) is 122 Å². The fourth-order valence-corrected chi connectivity index (χ4v) is 13.4. The summed E-state index contributed by atoms with van der Waals surface area (Å²) in [6, 6.07) is 43.4. The highest BCUT2D eigenvalue weighted by Gasteiger charge is 2.42. The number of nitrogens with zero attached hydrogens (tertiary/aromatic N) is 4. The van der Waals surface area contributed by atoms with Crippen LogP contribution in [-0.2, 0) is 6.42 Å². The SMILES string of the molecule is CC1=CC(C)Cc2c1n(C1CC(n3c4ccccc4c4cc5c(cc43)C3C=CCCC3N5c3ccccc3)=C(C#N)C=C1C1NC(C3=CC=CCC3)NC(c3ccccc3)N1)c1c(C)cc(C)cc21. The molecule has 7 aromatic rings. The summed E-state index contributed by atoms with van der Waals surface area (Å²) in [6.07, 6.45) is 21.7. The third kappa shape index (κ3) is 6.79. The minimum Gasteiger partial charge on any atom is -0.337 e. The van der Waals surface area contributed by atoms with Crippen molar-refractivity contribution in [3.8, 4) is 6.07 Å². The van der Waals surface area contributed by atoms with Gasteiger partial charge in [-0.2, -0.15) is 5.26 Å². The lowest BCUT2D eigenvalue weighted by Gasteiger charge is -2.44. The predicted octanol–water partition coefficient (Wildman–Crippen LogP) is 13.6. The lowest BCUT2D eigenvalue weighted by atomic mass is 9.86. The Morgan fingerprint density at radius 2 is 1.52 bits per heavy atom. The van der Waals surface area contributed by atoms with E-state index in [-0.39, 0.29) is 30.5 Å². The molecule has 7 nitrogen and oxygen atoms in total. The molecular formula is C62H59N7. The minimum absolute atomic E-state index is 0.0707.